The number of thioether (sulfide) groups is 1. The molecule has 1 aliphatic rings. The molecule has 2 heterocycles. The van der Waals surface area contributed by atoms with E-state index in [1.807, 2.05) is 35.7 Å². The molecule has 3 aromatic rings. The largest absolute Gasteiger partial charge is 0.497 e. The van der Waals surface area contributed by atoms with Crippen LogP contribution in [-0.2, 0) is 10.0 Å². The number of nitrogens with one attached hydrogen (secondary N) is 1. The van der Waals surface area contributed by atoms with Crippen LogP contribution in [0.15, 0.2) is 57.8 Å². The normalized spacial score (nSPS) is 14.9. The van der Waals surface area contributed by atoms with Gasteiger partial charge >= 0.3 is 0 Å². The second-order valence-electron chi connectivity index (χ2n) is 7.87. The fourth-order valence-corrected chi connectivity index (χ4v) is 6.23. The SMILES string of the molecule is COc1ccc(Nc2nc(/C=C3/SCCN3C(=O)c3ccc(OC)c(S(=O)(=O)N(C)C)c3)cs2)cc1. The van der Waals surface area contributed by atoms with Gasteiger partial charge in [0.25, 0.3) is 5.91 Å². The van der Waals surface area contributed by atoms with Gasteiger partial charge in [-0.2, -0.15) is 0 Å². The molecule has 0 unspecified atom stereocenters. The standard InChI is InChI=1S/C24H26N4O5S3/c1-27(2)36(30,31)21-13-16(5-10-20(21)33-4)23(29)28-11-12-34-22(28)14-18-15-35-24(26-18)25-17-6-8-19(32-3)9-7-17/h5-10,13-15H,11-12H2,1-4H3,(H,25,26)/b22-14+. The summed E-state index contributed by atoms with van der Waals surface area (Å²) >= 11 is 3.01. The number of rotatable bonds is 8. The van der Waals surface area contributed by atoms with Crippen LogP contribution in [0.1, 0.15) is 16.1 Å². The number of aromatic nitrogens is 1. The second kappa shape index (κ2) is 10.9. The minimum Gasteiger partial charge on any atom is -0.497 e. The van der Waals surface area contributed by atoms with Crippen LogP contribution in [-0.4, -0.2) is 69.1 Å². The fraction of sp³-hybridized carbons (Fsp3) is 0.250. The summed E-state index contributed by atoms with van der Waals surface area (Å²) in [7, 11) is 2.10. The smallest absolute Gasteiger partial charge is 0.258 e. The molecule has 1 aromatic heterocycles. The summed E-state index contributed by atoms with van der Waals surface area (Å²) in [6.07, 6.45) is 1.87. The van der Waals surface area contributed by atoms with Crippen molar-refractivity contribution in [2.24, 2.45) is 0 Å². The zero-order chi connectivity index (χ0) is 25.9. The van der Waals surface area contributed by atoms with Crippen LogP contribution in [0, 0.1) is 0 Å². The molecule has 1 N–H and O–H groups in total. The van der Waals surface area contributed by atoms with E-state index in [-0.39, 0.29) is 22.1 Å². The van der Waals surface area contributed by atoms with Gasteiger partial charge in [0.15, 0.2) is 5.13 Å². The first-order chi connectivity index (χ1) is 17.2. The van der Waals surface area contributed by atoms with E-state index in [0.717, 1.165) is 37.3 Å². The van der Waals surface area contributed by atoms with Crippen molar-refractivity contribution in [1.82, 2.24) is 14.2 Å². The molecule has 0 aliphatic carbocycles. The molecule has 36 heavy (non-hydrogen) atoms. The van der Waals surface area contributed by atoms with E-state index in [9.17, 15) is 13.2 Å². The average Bonchev–Trinajstić information content (AvgIpc) is 3.53. The molecule has 1 amide bonds. The molecule has 190 valence electrons. The molecule has 4 rings (SSSR count). The third-order valence-electron chi connectivity index (χ3n) is 5.38. The highest BCUT2D eigenvalue weighted by atomic mass is 32.2. The molecule has 9 nitrogen and oxygen atoms in total. The number of hydrogen-bond acceptors (Lipinski definition) is 9. The van der Waals surface area contributed by atoms with Gasteiger partial charge in [0.05, 0.1) is 24.9 Å². The maximum absolute atomic E-state index is 13.4. The Bertz CT molecular complexity index is 1380. The molecule has 0 radical (unpaired) electrons. The van der Waals surface area contributed by atoms with E-state index in [2.05, 4.69) is 10.3 Å². The Kier molecular flexibility index (Phi) is 7.88. The van der Waals surface area contributed by atoms with Gasteiger partial charge in [0.1, 0.15) is 16.4 Å². The highest BCUT2D eigenvalue weighted by Crippen LogP contribution is 2.34. The van der Waals surface area contributed by atoms with Gasteiger partial charge in [-0.1, -0.05) is 0 Å². The Balaban J connectivity index is 1.55. The molecular weight excluding hydrogens is 520 g/mol. The van der Waals surface area contributed by atoms with Crippen molar-refractivity contribution in [2.75, 3.05) is 45.9 Å². The average molecular weight is 547 g/mol. The van der Waals surface area contributed by atoms with E-state index in [1.54, 1.807) is 29.8 Å². The quantitative estimate of drug-likeness (QED) is 0.445. The number of benzene rings is 2. The van der Waals surface area contributed by atoms with E-state index in [1.165, 1.54) is 44.7 Å². The van der Waals surface area contributed by atoms with E-state index >= 15 is 0 Å². The minimum atomic E-state index is -3.79. The number of hydrogen-bond donors (Lipinski definition) is 1. The van der Waals surface area contributed by atoms with Crippen LogP contribution in [0.3, 0.4) is 0 Å². The lowest BCUT2D eigenvalue weighted by molar-refractivity contribution is 0.0830. The lowest BCUT2D eigenvalue weighted by atomic mass is 10.2. The van der Waals surface area contributed by atoms with Crippen molar-refractivity contribution < 1.29 is 22.7 Å². The van der Waals surface area contributed by atoms with Gasteiger partial charge < -0.3 is 19.7 Å². The predicted octanol–water partition coefficient (Wildman–Crippen LogP) is 4.34. The zero-order valence-corrected chi connectivity index (χ0v) is 22.7. The van der Waals surface area contributed by atoms with Crippen molar-refractivity contribution in [1.29, 1.82) is 0 Å². The lowest BCUT2D eigenvalue weighted by Gasteiger charge is -2.19. The van der Waals surface area contributed by atoms with Crippen molar-refractivity contribution in [3.8, 4) is 11.5 Å². The maximum atomic E-state index is 13.4. The third-order valence-corrected chi connectivity index (χ3v) is 9.01. The second-order valence-corrected chi connectivity index (χ2v) is 12.0. The van der Waals surface area contributed by atoms with Crippen molar-refractivity contribution in [3.63, 3.8) is 0 Å². The first kappa shape index (κ1) is 26.0. The molecule has 12 heteroatoms. The molecule has 1 saturated heterocycles. The van der Waals surface area contributed by atoms with Gasteiger partial charge in [-0.25, -0.2) is 17.7 Å². The minimum absolute atomic E-state index is 0.0491. The predicted molar refractivity (Wildman–Crippen MR) is 144 cm³/mol. The molecule has 0 saturated carbocycles. The molecule has 1 aliphatic heterocycles. The van der Waals surface area contributed by atoms with Crippen LogP contribution >= 0.6 is 23.1 Å². The number of anilines is 2. The summed E-state index contributed by atoms with van der Waals surface area (Å²) in [5.74, 6) is 1.41. The Labute approximate surface area is 218 Å². The third kappa shape index (κ3) is 5.51. The zero-order valence-electron chi connectivity index (χ0n) is 20.2. The van der Waals surface area contributed by atoms with Crippen molar-refractivity contribution >= 4 is 55.9 Å². The first-order valence-corrected chi connectivity index (χ1v) is 14.2. The highest BCUT2D eigenvalue weighted by Gasteiger charge is 2.29. The van der Waals surface area contributed by atoms with Crippen LogP contribution in [0.2, 0.25) is 0 Å². The van der Waals surface area contributed by atoms with Crippen LogP contribution in [0.5, 0.6) is 11.5 Å². The summed E-state index contributed by atoms with van der Waals surface area (Å²) in [5.41, 5.74) is 1.88. The summed E-state index contributed by atoms with van der Waals surface area (Å²) in [5, 5.41) is 6.66. The molecule has 0 spiro atoms. The molecule has 0 bridgehead atoms. The van der Waals surface area contributed by atoms with Gasteiger partial charge in [-0.15, -0.1) is 23.1 Å². The first-order valence-electron chi connectivity index (χ1n) is 10.9. The monoisotopic (exact) mass is 546 g/mol. The number of thiazole rings is 1. The van der Waals surface area contributed by atoms with Crippen LogP contribution < -0.4 is 14.8 Å². The molecule has 2 aromatic carbocycles. The maximum Gasteiger partial charge on any atom is 0.258 e. The van der Waals surface area contributed by atoms with Gasteiger partial charge in [0, 0.05) is 43.0 Å². The Morgan fingerprint density at radius 3 is 2.56 bits per heavy atom. The van der Waals surface area contributed by atoms with Crippen molar-refractivity contribution in [2.45, 2.75) is 4.90 Å². The van der Waals surface area contributed by atoms with Crippen LogP contribution in [0.4, 0.5) is 10.8 Å². The molecule has 0 atom stereocenters. The van der Waals surface area contributed by atoms with E-state index < -0.39 is 10.0 Å². The summed E-state index contributed by atoms with van der Waals surface area (Å²) in [6.45, 7) is 0.512. The summed E-state index contributed by atoms with van der Waals surface area (Å²) in [4.78, 5) is 19.6. The van der Waals surface area contributed by atoms with E-state index in [4.69, 9.17) is 9.47 Å². The molecule has 1 fully saturated rings. The highest BCUT2D eigenvalue weighted by molar-refractivity contribution is 8.03. The van der Waals surface area contributed by atoms with Gasteiger partial charge in [0.2, 0.25) is 10.0 Å². The van der Waals surface area contributed by atoms with Crippen LogP contribution in [0.25, 0.3) is 6.08 Å². The number of methoxy groups -OCH3 is 2. The lowest BCUT2D eigenvalue weighted by Crippen LogP contribution is -2.27. The number of amides is 1. The number of nitrogens with zero attached hydrogens (tertiary/aromatic N) is 3. The van der Waals surface area contributed by atoms with E-state index in [0.29, 0.717) is 6.54 Å². The Hall–Kier alpha value is -3.06. The van der Waals surface area contributed by atoms with Gasteiger partial charge in [-0.3, -0.25) is 4.79 Å². The fourth-order valence-electron chi connectivity index (χ4n) is 3.45. The van der Waals surface area contributed by atoms with Crippen molar-refractivity contribution in [3.05, 3.63) is 64.1 Å². The number of ether oxygens (including phenoxy) is 2. The number of carbonyl (C=O) groups is 1. The number of carbonyl (C=O) groups excluding carboxylic acids is 1. The number of sulfonamides is 1. The topological polar surface area (TPSA) is 101 Å². The summed E-state index contributed by atoms with van der Waals surface area (Å²) in [6, 6.07) is 12.0. The summed E-state index contributed by atoms with van der Waals surface area (Å²) < 4.78 is 37.0. The Morgan fingerprint density at radius 2 is 1.89 bits per heavy atom. The molecular formula is C24H26N4O5S3. The Morgan fingerprint density at radius 1 is 1.14 bits per heavy atom. The van der Waals surface area contributed by atoms with Gasteiger partial charge in [-0.05, 0) is 48.5 Å².